The number of nitrogens with zero attached hydrogens (tertiary/aromatic N) is 1. The summed E-state index contributed by atoms with van der Waals surface area (Å²) in [5.41, 5.74) is 7.38. The molecule has 0 amide bonds. The SMILES string of the molecule is COc1cc2ncc(N)c(Oc3ccc4c(C(=O)O)cccc4c3)c2cc1OC. The van der Waals surface area contributed by atoms with E-state index in [1.165, 1.54) is 6.20 Å². The van der Waals surface area contributed by atoms with E-state index in [9.17, 15) is 9.90 Å². The highest BCUT2D eigenvalue weighted by Gasteiger charge is 2.15. The van der Waals surface area contributed by atoms with Crippen LogP contribution in [-0.2, 0) is 0 Å². The molecular weight excluding hydrogens is 372 g/mol. The number of aromatic nitrogens is 1. The molecule has 7 nitrogen and oxygen atoms in total. The molecule has 0 aliphatic rings. The van der Waals surface area contributed by atoms with Gasteiger partial charge in [0.1, 0.15) is 5.75 Å². The molecule has 3 aromatic carbocycles. The molecule has 0 aliphatic heterocycles. The molecule has 0 saturated heterocycles. The molecule has 0 fully saturated rings. The number of hydrogen-bond acceptors (Lipinski definition) is 6. The number of anilines is 1. The first-order valence-electron chi connectivity index (χ1n) is 8.76. The van der Waals surface area contributed by atoms with Gasteiger partial charge in [-0.05, 0) is 41.1 Å². The van der Waals surface area contributed by atoms with Crippen LogP contribution in [0.2, 0.25) is 0 Å². The summed E-state index contributed by atoms with van der Waals surface area (Å²) in [6, 6.07) is 13.8. The molecular formula is C22H18N2O5. The van der Waals surface area contributed by atoms with E-state index in [1.807, 2.05) is 6.07 Å². The molecule has 3 N–H and O–H groups in total. The van der Waals surface area contributed by atoms with Gasteiger partial charge >= 0.3 is 5.97 Å². The Morgan fingerprint density at radius 1 is 1.00 bits per heavy atom. The zero-order chi connectivity index (χ0) is 20.5. The fraction of sp³-hybridized carbons (Fsp3) is 0.0909. The molecule has 0 spiro atoms. The number of nitrogen functional groups attached to an aromatic ring is 1. The molecule has 0 bridgehead atoms. The zero-order valence-corrected chi connectivity index (χ0v) is 15.8. The van der Waals surface area contributed by atoms with Gasteiger partial charge in [0.2, 0.25) is 0 Å². The van der Waals surface area contributed by atoms with E-state index in [0.717, 1.165) is 5.39 Å². The topological polar surface area (TPSA) is 104 Å². The lowest BCUT2D eigenvalue weighted by molar-refractivity contribution is 0.0699. The third-order valence-electron chi connectivity index (χ3n) is 4.65. The molecule has 1 aromatic heterocycles. The van der Waals surface area contributed by atoms with E-state index in [0.29, 0.717) is 45.0 Å². The van der Waals surface area contributed by atoms with Crippen LogP contribution in [0.1, 0.15) is 10.4 Å². The maximum absolute atomic E-state index is 11.4. The molecule has 29 heavy (non-hydrogen) atoms. The van der Waals surface area contributed by atoms with Gasteiger partial charge in [-0.2, -0.15) is 0 Å². The number of methoxy groups -OCH3 is 2. The standard InChI is InChI=1S/C22H18N2O5/c1-27-19-9-16-18(10-20(19)28-2)24-11-17(23)21(16)29-13-6-7-14-12(8-13)4-3-5-15(14)22(25)26/h3-11H,23H2,1-2H3,(H,25,26). The summed E-state index contributed by atoms with van der Waals surface area (Å²) in [6.45, 7) is 0. The summed E-state index contributed by atoms with van der Waals surface area (Å²) in [4.78, 5) is 15.8. The number of benzene rings is 3. The van der Waals surface area contributed by atoms with Gasteiger partial charge in [-0.25, -0.2) is 4.79 Å². The molecule has 0 unspecified atom stereocenters. The van der Waals surface area contributed by atoms with Crippen molar-refractivity contribution in [2.24, 2.45) is 0 Å². The number of aromatic carboxylic acids is 1. The number of carbonyl (C=O) groups is 1. The van der Waals surface area contributed by atoms with Crippen molar-refractivity contribution in [3.8, 4) is 23.0 Å². The molecule has 4 aromatic rings. The Labute approximate surface area is 166 Å². The minimum Gasteiger partial charge on any atom is -0.493 e. The third kappa shape index (κ3) is 3.23. The molecule has 7 heteroatoms. The smallest absolute Gasteiger partial charge is 0.336 e. The second-order valence-corrected chi connectivity index (χ2v) is 6.36. The van der Waals surface area contributed by atoms with Gasteiger partial charge in [0.25, 0.3) is 0 Å². The van der Waals surface area contributed by atoms with Gasteiger partial charge in [-0.3, -0.25) is 4.98 Å². The van der Waals surface area contributed by atoms with Crippen LogP contribution in [0.5, 0.6) is 23.0 Å². The summed E-state index contributed by atoms with van der Waals surface area (Å²) in [5, 5.41) is 11.4. The van der Waals surface area contributed by atoms with Crippen molar-refractivity contribution in [2.75, 3.05) is 20.0 Å². The van der Waals surface area contributed by atoms with Crippen LogP contribution < -0.4 is 19.9 Å². The number of carboxylic acid groups (broad SMARTS) is 1. The van der Waals surface area contributed by atoms with Gasteiger partial charge < -0.3 is 25.1 Å². The first-order chi connectivity index (χ1) is 14.0. The highest BCUT2D eigenvalue weighted by Crippen LogP contribution is 2.40. The van der Waals surface area contributed by atoms with Crippen LogP contribution in [0.15, 0.2) is 54.7 Å². The molecule has 0 radical (unpaired) electrons. The molecule has 146 valence electrons. The van der Waals surface area contributed by atoms with E-state index in [1.54, 1.807) is 56.7 Å². The average molecular weight is 390 g/mol. The monoisotopic (exact) mass is 390 g/mol. The Kier molecular flexibility index (Phi) is 4.56. The van der Waals surface area contributed by atoms with Crippen LogP contribution >= 0.6 is 0 Å². The van der Waals surface area contributed by atoms with Crippen molar-refractivity contribution in [3.05, 3.63) is 60.3 Å². The summed E-state index contributed by atoms with van der Waals surface area (Å²) in [6.07, 6.45) is 1.52. The van der Waals surface area contributed by atoms with Gasteiger partial charge in [-0.15, -0.1) is 0 Å². The molecule has 4 rings (SSSR count). The molecule has 1 heterocycles. The average Bonchev–Trinajstić information content (AvgIpc) is 2.74. The lowest BCUT2D eigenvalue weighted by atomic mass is 10.0. The fourth-order valence-electron chi connectivity index (χ4n) is 3.25. The minimum absolute atomic E-state index is 0.236. The largest absolute Gasteiger partial charge is 0.493 e. The van der Waals surface area contributed by atoms with Crippen molar-refractivity contribution in [3.63, 3.8) is 0 Å². The Morgan fingerprint density at radius 2 is 1.76 bits per heavy atom. The summed E-state index contributed by atoms with van der Waals surface area (Å²) >= 11 is 0. The number of pyridine rings is 1. The number of fused-ring (bicyclic) bond motifs is 2. The number of rotatable bonds is 5. The van der Waals surface area contributed by atoms with E-state index in [-0.39, 0.29) is 5.56 Å². The van der Waals surface area contributed by atoms with Crippen LogP contribution in [0.4, 0.5) is 5.69 Å². The van der Waals surface area contributed by atoms with Crippen LogP contribution in [0, 0.1) is 0 Å². The third-order valence-corrected chi connectivity index (χ3v) is 4.65. The van der Waals surface area contributed by atoms with Crippen molar-refractivity contribution >= 4 is 33.3 Å². The van der Waals surface area contributed by atoms with Crippen LogP contribution in [-0.4, -0.2) is 30.3 Å². The number of nitrogens with two attached hydrogens (primary N) is 1. The van der Waals surface area contributed by atoms with Crippen molar-refractivity contribution in [1.82, 2.24) is 4.98 Å². The van der Waals surface area contributed by atoms with Crippen molar-refractivity contribution < 1.29 is 24.1 Å². The summed E-state index contributed by atoms with van der Waals surface area (Å²) in [7, 11) is 3.10. The lowest BCUT2D eigenvalue weighted by Crippen LogP contribution is -1.98. The first kappa shape index (κ1) is 18.4. The van der Waals surface area contributed by atoms with Gasteiger partial charge in [-0.1, -0.05) is 12.1 Å². The van der Waals surface area contributed by atoms with E-state index < -0.39 is 5.97 Å². The Balaban J connectivity index is 1.83. The van der Waals surface area contributed by atoms with Gasteiger partial charge in [0, 0.05) is 11.5 Å². The maximum atomic E-state index is 11.4. The first-order valence-corrected chi connectivity index (χ1v) is 8.76. The molecule has 0 atom stereocenters. The minimum atomic E-state index is -0.977. The van der Waals surface area contributed by atoms with Crippen LogP contribution in [0.3, 0.4) is 0 Å². The summed E-state index contributed by atoms with van der Waals surface area (Å²) < 4.78 is 16.8. The molecule has 0 aliphatic carbocycles. The second-order valence-electron chi connectivity index (χ2n) is 6.36. The lowest BCUT2D eigenvalue weighted by Gasteiger charge is -2.14. The predicted molar refractivity (Wildman–Crippen MR) is 110 cm³/mol. The maximum Gasteiger partial charge on any atom is 0.336 e. The van der Waals surface area contributed by atoms with Gasteiger partial charge in [0.05, 0.1) is 37.2 Å². The normalized spacial score (nSPS) is 10.8. The zero-order valence-electron chi connectivity index (χ0n) is 15.8. The number of hydrogen-bond donors (Lipinski definition) is 2. The van der Waals surface area contributed by atoms with Crippen LogP contribution in [0.25, 0.3) is 21.7 Å². The Bertz CT molecular complexity index is 1250. The molecule has 0 saturated carbocycles. The predicted octanol–water partition coefficient (Wildman–Crippen LogP) is 4.48. The Morgan fingerprint density at radius 3 is 2.48 bits per heavy atom. The number of carboxylic acids is 1. The quantitative estimate of drug-likeness (QED) is 0.518. The van der Waals surface area contributed by atoms with Gasteiger partial charge in [0.15, 0.2) is 17.2 Å². The Hall–Kier alpha value is -4.00. The number of ether oxygens (including phenoxy) is 3. The second kappa shape index (κ2) is 7.20. The highest BCUT2D eigenvalue weighted by molar-refractivity contribution is 6.04. The highest BCUT2D eigenvalue weighted by atomic mass is 16.5. The summed E-state index contributed by atoms with van der Waals surface area (Å²) in [5.74, 6) is 1.06. The fourth-order valence-corrected chi connectivity index (χ4v) is 3.25. The van der Waals surface area contributed by atoms with E-state index in [2.05, 4.69) is 4.98 Å². The van der Waals surface area contributed by atoms with Crippen molar-refractivity contribution in [2.45, 2.75) is 0 Å². The van der Waals surface area contributed by atoms with E-state index >= 15 is 0 Å². The van der Waals surface area contributed by atoms with Crippen molar-refractivity contribution in [1.29, 1.82) is 0 Å². The van der Waals surface area contributed by atoms with E-state index in [4.69, 9.17) is 19.9 Å².